The number of rotatable bonds is 6. The number of hydrogen-bond acceptors (Lipinski definition) is 4. The molecule has 148 valence electrons. The summed E-state index contributed by atoms with van der Waals surface area (Å²) >= 11 is 0. The first-order chi connectivity index (χ1) is 13.7. The molecule has 2 aromatic heterocycles. The molecule has 0 radical (unpaired) electrons. The minimum atomic E-state index is -0.270. The van der Waals surface area contributed by atoms with Crippen molar-refractivity contribution in [3.63, 3.8) is 0 Å². The zero-order valence-electron chi connectivity index (χ0n) is 16.2. The topological polar surface area (TPSA) is 75.6 Å². The summed E-state index contributed by atoms with van der Waals surface area (Å²) in [6.45, 7) is 3.33. The minimum Gasteiger partial charge on any atom is -0.352 e. The molecule has 1 fully saturated rings. The Hall–Kier alpha value is -2.70. The minimum absolute atomic E-state index is 0.172. The van der Waals surface area contributed by atoms with Gasteiger partial charge in [0.15, 0.2) is 11.2 Å². The van der Waals surface area contributed by atoms with Gasteiger partial charge < -0.3 is 9.88 Å². The molecule has 3 aromatic rings. The lowest BCUT2D eigenvalue weighted by Gasteiger charge is -2.21. The van der Waals surface area contributed by atoms with Crippen molar-refractivity contribution < 1.29 is 4.39 Å². The first-order valence-corrected chi connectivity index (χ1v) is 10.1. The molecule has 0 spiro atoms. The van der Waals surface area contributed by atoms with Crippen molar-refractivity contribution in [2.45, 2.75) is 64.5 Å². The molecule has 2 heterocycles. The highest BCUT2D eigenvalue weighted by molar-refractivity contribution is 5.72. The van der Waals surface area contributed by atoms with Crippen LogP contribution in [0.1, 0.15) is 62.8 Å². The molecule has 0 aliphatic heterocycles. The number of aromatic amines is 1. The molecule has 0 amide bonds. The van der Waals surface area contributed by atoms with E-state index in [0.717, 1.165) is 37.2 Å². The third-order valence-corrected chi connectivity index (χ3v) is 5.43. The van der Waals surface area contributed by atoms with Gasteiger partial charge in [0.2, 0.25) is 5.95 Å². The van der Waals surface area contributed by atoms with Crippen molar-refractivity contribution in [2.24, 2.45) is 0 Å². The highest BCUT2D eigenvalue weighted by Gasteiger charge is 2.24. The average Bonchev–Trinajstić information content (AvgIpc) is 3.07. The third kappa shape index (κ3) is 3.79. The zero-order valence-corrected chi connectivity index (χ0v) is 16.2. The van der Waals surface area contributed by atoms with Gasteiger partial charge in [-0.2, -0.15) is 4.98 Å². The fourth-order valence-electron chi connectivity index (χ4n) is 4.05. The predicted octanol–water partition coefficient (Wildman–Crippen LogP) is 4.33. The molecule has 7 heteroatoms. The average molecular weight is 383 g/mol. The van der Waals surface area contributed by atoms with Crippen LogP contribution in [0.4, 0.5) is 10.3 Å². The molecular formula is C21H26FN5O. The first-order valence-electron chi connectivity index (χ1n) is 10.1. The number of fused-ring (bicyclic) bond motifs is 1. The van der Waals surface area contributed by atoms with Gasteiger partial charge in [0.05, 0.1) is 0 Å². The first kappa shape index (κ1) is 18.7. The van der Waals surface area contributed by atoms with Crippen molar-refractivity contribution in [3.05, 3.63) is 51.8 Å². The van der Waals surface area contributed by atoms with Crippen molar-refractivity contribution in [1.29, 1.82) is 0 Å². The predicted molar refractivity (Wildman–Crippen MR) is 108 cm³/mol. The van der Waals surface area contributed by atoms with E-state index in [1.54, 1.807) is 12.1 Å². The molecule has 2 N–H and O–H groups in total. The van der Waals surface area contributed by atoms with Crippen LogP contribution in [0.3, 0.4) is 0 Å². The van der Waals surface area contributed by atoms with Crippen LogP contribution in [-0.2, 0) is 13.1 Å². The molecule has 1 aromatic carbocycles. The third-order valence-electron chi connectivity index (χ3n) is 5.43. The van der Waals surface area contributed by atoms with E-state index in [2.05, 4.69) is 26.8 Å². The zero-order chi connectivity index (χ0) is 19.5. The van der Waals surface area contributed by atoms with Gasteiger partial charge in [0, 0.05) is 19.0 Å². The van der Waals surface area contributed by atoms with Crippen LogP contribution in [-0.4, -0.2) is 19.5 Å². The smallest absolute Gasteiger partial charge is 0.278 e. The Labute approximate surface area is 163 Å². The number of anilines is 1. The lowest BCUT2D eigenvalue weighted by atomic mass is 9.88. The number of hydrogen-bond donors (Lipinski definition) is 2. The summed E-state index contributed by atoms with van der Waals surface area (Å²) in [5.74, 6) is 1.53. The molecule has 6 nitrogen and oxygen atoms in total. The number of benzene rings is 1. The Bertz CT molecular complexity index is 1000. The second-order valence-corrected chi connectivity index (χ2v) is 7.52. The molecule has 0 unspecified atom stereocenters. The molecule has 0 atom stereocenters. The van der Waals surface area contributed by atoms with E-state index in [1.807, 2.05) is 0 Å². The number of imidazole rings is 1. The van der Waals surface area contributed by atoms with Crippen LogP contribution >= 0.6 is 0 Å². The number of nitrogens with one attached hydrogen (secondary N) is 2. The Morgan fingerprint density at radius 1 is 1.18 bits per heavy atom. The van der Waals surface area contributed by atoms with Gasteiger partial charge in [-0.15, -0.1) is 0 Å². The summed E-state index contributed by atoms with van der Waals surface area (Å²) in [5.41, 5.74) is 1.80. The fraction of sp³-hybridized carbons (Fsp3) is 0.476. The van der Waals surface area contributed by atoms with Gasteiger partial charge >= 0.3 is 0 Å². The quantitative estimate of drug-likeness (QED) is 0.664. The highest BCUT2D eigenvalue weighted by Crippen LogP contribution is 2.33. The monoisotopic (exact) mass is 383 g/mol. The van der Waals surface area contributed by atoms with Gasteiger partial charge in [-0.25, -0.2) is 9.37 Å². The van der Waals surface area contributed by atoms with Crippen LogP contribution in [0.15, 0.2) is 29.1 Å². The molecule has 1 saturated carbocycles. The van der Waals surface area contributed by atoms with E-state index >= 15 is 0 Å². The van der Waals surface area contributed by atoms with Gasteiger partial charge in [-0.3, -0.25) is 9.78 Å². The standard InChI is InChI=1S/C21H26FN5O/c1-2-12-27-17-18(24-19(27)15-6-4-3-5-7-15)25-21(26-20(17)28)23-13-14-8-10-16(22)11-9-14/h8-11,15H,2-7,12-13H2,1H3,(H2,23,25,26,28). The summed E-state index contributed by atoms with van der Waals surface area (Å²) < 4.78 is 15.1. The van der Waals surface area contributed by atoms with Gasteiger partial charge in [0.1, 0.15) is 11.6 Å². The maximum Gasteiger partial charge on any atom is 0.278 e. The summed E-state index contributed by atoms with van der Waals surface area (Å²) in [6, 6.07) is 6.24. The number of H-pyrrole nitrogens is 1. The van der Waals surface area contributed by atoms with Crippen molar-refractivity contribution in [1.82, 2.24) is 19.5 Å². The van der Waals surface area contributed by atoms with E-state index in [0.29, 0.717) is 29.6 Å². The summed E-state index contributed by atoms with van der Waals surface area (Å²) in [6.07, 6.45) is 6.90. The molecule has 28 heavy (non-hydrogen) atoms. The lowest BCUT2D eigenvalue weighted by Crippen LogP contribution is -2.17. The van der Waals surface area contributed by atoms with Crippen LogP contribution < -0.4 is 10.9 Å². The van der Waals surface area contributed by atoms with E-state index in [-0.39, 0.29) is 11.4 Å². The van der Waals surface area contributed by atoms with E-state index in [4.69, 9.17) is 4.98 Å². The molecule has 1 aliphatic carbocycles. The Balaban J connectivity index is 1.65. The molecule has 4 rings (SSSR count). The second-order valence-electron chi connectivity index (χ2n) is 7.52. The maximum atomic E-state index is 13.0. The van der Waals surface area contributed by atoms with E-state index in [1.165, 1.54) is 31.4 Å². The van der Waals surface area contributed by atoms with Crippen molar-refractivity contribution >= 4 is 17.1 Å². The molecule has 0 bridgehead atoms. The van der Waals surface area contributed by atoms with Crippen molar-refractivity contribution in [2.75, 3.05) is 5.32 Å². The summed E-state index contributed by atoms with van der Waals surface area (Å²) in [5, 5.41) is 3.12. The normalized spacial score (nSPS) is 15.2. The lowest BCUT2D eigenvalue weighted by molar-refractivity contribution is 0.416. The summed E-state index contributed by atoms with van der Waals surface area (Å²) in [4.78, 5) is 25.0. The molecule has 1 aliphatic rings. The SMILES string of the molecule is CCCn1c(C2CCCCC2)nc2nc(NCc3ccc(F)cc3)[nH]c(=O)c21. The number of nitrogens with zero attached hydrogens (tertiary/aromatic N) is 3. The van der Waals surface area contributed by atoms with Crippen LogP contribution in [0.5, 0.6) is 0 Å². The largest absolute Gasteiger partial charge is 0.352 e. The summed E-state index contributed by atoms with van der Waals surface area (Å²) in [7, 11) is 0. The second kappa shape index (κ2) is 8.12. The van der Waals surface area contributed by atoms with Gasteiger partial charge in [-0.1, -0.05) is 38.3 Å². The van der Waals surface area contributed by atoms with Gasteiger partial charge in [-0.05, 0) is 37.0 Å². The fourth-order valence-corrected chi connectivity index (χ4v) is 4.05. The number of halogens is 1. The highest BCUT2D eigenvalue weighted by atomic mass is 19.1. The Morgan fingerprint density at radius 2 is 1.93 bits per heavy atom. The Kier molecular flexibility index (Phi) is 5.41. The number of aryl methyl sites for hydroxylation is 1. The van der Waals surface area contributed by atoms with E-state index in [9.17, 15) is 9.18 Å². The van der Waals surface area contributed by atoms with E-state index < -0.39 is 0 Å². The van der Waals surface area contributed by atoms with Crippen LogP contribution in [0.25, 0.3) is 11.2 Å². The van der Waals surface area contributed by atoms with Crippen molar-refractivity contribution in [3.8, 4) is 0 Å². The van der Waals surface area contributed by atoms with Gasteiger partial charge in [0.25, 0.3) is 5.56 Å². The van der Waals surface area contributed by atoms with Crippen LogP contribution in [0, 0.1) is 5.82 Å². The molecule has 0 saturated heterocycles. The van der Waals surface area contributed by atoms with Crippen LogP contribution in [0.2, 0.25) is 0 Å². The molecular weight excluding hydrogens is 357 g/mol. The Morgan fingerprint density at radius 3 is 2.64 bits per heavy atom. The maximum absolute atomic E-state index is 13.0. The number of aromatic nitrogens is 4.